The van der Waals surface area contributed by atoms with Crippen molar-refractivity contribution in [1.82, 2.24) is 10.3 Å². The molecule has 0 aliphatic rings. The Morgan fingerprint density at radius 3 is 2.76 bits per heavy atom. The highest BCUT2D eigenvalue weighted by Crippen LogP contribution is 2.18. The minimum Gasteiger partial charge on any atom is -0.361 e. The van der Waals surface area contributed by atoms with E-state index in [9.17, 15) is 14.0 Å². The van der Waals surface area contributed by atoms with Crippen molar-refractivity contribution in [2.24, 2.45) is 0 Å². The van der Waals surface area contributed by atoms with Gasteiger partial charge in [0.15, 0.2) is 0 Å². The van der Waals surface area contributed by atoms with Gasteiger partial charge in [0.2, 0.25) is 0 Å². The van der Waals surface area contributed by atoms with Crippen LogP contribution in [0.25, 0.3) is 10.9 Å². The molecule has 2 aromatic carbocycles. The van der Waals surface area contributed by atoms with E-state index >= 15 is 0 Å². The minimum atomic E-state index is -0.812. The Balaban J connectivity index is 1.55. The van der Waals surface area contributed by atoms with Gasteiger partial charge < -0.3 is 15.6 Å². The smallest absolute Gasteiger partial charge is 0.313 e. The number of benzene rings is 2. The third-order valence-electron chi connectivity index (χ3n) is 4.01. The monoisotopic (exact) mass is 339 g/mol. The van der Waals surface area contributed by atoms with Gasteiger partial charge in [-0.1, -0.05) is 24.3 Å². The number of aromatic amines is 1. The summed E-state index contributed by atoms with van der Waals surface area (Å²) in [5, 5.41) is 6.10. The van der Waals surface area contributed by atoms with Crippen LogP contribution < -0.4 is 10.6 Å². The minimum absolute atomic E-state index is 0.289. The summed E-state index contributed by atoms with van der Waals surface area (Å²) in [7, 11) is 0. The maximum atomic E-state index is 13.2. The fourth-order valence-electron chi connectivity index (χ4n) is 2.64. The zero-order valence-corrected chi connectivity index (χ0v) is 13.7. The second-order valence-corrected chi connectivity index (χ2v) is 5.78. The third-order valence-corrected chi connectivity index (χ3v) is 4.01. The number of rotatable bonds is 4. The molecule has 0 fully saturated rings. The van der Waals surface area contributed by atoms with Crippen molar-refractivity contribution in [3.63, 3.8) is 0 Å². The summed E-state index contributed by atoms with van der Waals surface area (Å²) in [5.41, 5.74) is 3.07. The molecular weight excluding hydrogens is 321 g/mol. The highest BCUT2D eigenvalue weighted by Gasteiger charge is 2.15. The Bertz CT molecular complexity index is 933. The number of para-hydroxylation sites is 1. The summed E-state index contributed by atoms with van der Waals surface area (Å²) in [5.74, 6) is -2.03. The third kappa shape index (κ3) is 3.85. The Labute approximate surface area is 144 Å². The lowest BCUT2D eigenvalue weighted by molar-refractivity contribution is -0.136. The van der Waals surface area contributed by atoms with Crippen molar-refractivity contribution in [2.75, 3.05) is 11.9 Å². The molecule has 0 unspecified atom stereocenters. The largest absolute Gasteiger partial charge is 0.361 e. The molecule has 3 rings (SSSR count). The van der Waals surface area contributed by atoms with Gasteiger partial charge in [-0.15, -0.1) is 0 Å². The molecular formula is C19H18FN3O2. The number of carbonyl (C=O) groups excluding carboxylic acids is 2. The van der Waals surface area contributed by atoms with Gasteiger partial charge in [-0.05, 0) is 42.7 Å². The zero-order valence-electron chi connectivity index (χ0n) is 13.7. The zero-order chi connectivity index (χ0) is 17.8. The number of hydrogen-bond donors (Lipinski definition) is 3. The molecule has 3 N–H and O–H groups in total. The molecule has 1 heterocycles. The van der Waals surface area contributed by atoms with Crippen LogP contribution in [-0.2, 0) is 16.0 Å². The number of anilines is 1. The van der Waals surface area contributed by atoms with Crippen LogP contribution >= 0.6 is 0 Å². The molecule has 0 spiro atoms. The van der Waals surface area contributed by atoms with Gasteiger partial charge in [0.05, 0.1) is 0 Å². The average Bonchev–Trinajstić information content (AvgIpc) is 3.01. The molecule has 0 saturated carbocycles. The molecule has 0 bridgehead atoms. The highest BCUT2D eigenvalue weighted by atomic mass is 19.1. The van der Waals surface area contributed by atoms with E-state index in [0.29, 0.717) is 18.5 Å². The van der Waals surface area contributed by atoms with Crippen molar-refractivity contribution in [3.05, 3.63) is 65.6 Å². The van der Waals surface area contributed by atoms with Crippen LogP contribution in [0.1, 0.15) is 11.1 Å². The van der Waals surface area contributed by atoms with Crippen molar-refractivity contribution < 1.29 is 14.0 Å². The standard InChI is InChI=1S/C19H18FN3O2/c1-12-6-7-14(20)10-17(12)23-19(25)18(24)21-9-8-13-11-22-16-5-3-2-4-15(13)16/h2-7,10-11,22H,8-9H2,1H3,(H,21,24)(H,23,25). The van der Waals surface area contributed by atoms with Gasteiger partial charge in [-0.25, -0.2) is 4.39 Å². The summed E-state index contributed by atoms with van der Waals surface area (Å²) < 4.78 is 13.2. The van der Waals surface area contributed by atoms with Gasteiger partial charge in [0, 0.05) is 29.3 Å². The van der Waals surface area contributed by atoms with Crippen molar-refractivity contribution in [1.29, 1.82) is 0 Å². The van der Waals surface area contributed by atoms with E-state index in [1.165, 1.54) is 12.1 Å². The lowest BCUT2D eigenvalue weighted by atomic mass is 10.1. The van der Waals surface area contributed by atoms with Crippen molar-refractivity contribution in [2.45, 2.75) is 13.3 Å². The Hall–Kier alpha value is -3.15. The van der Waals surface area contributed by atoms with Crippen LogP contribution in [0, 0.1) is 12.7 Å². The summed E-state index contributed by atoms with van der Waals surface area (Å²) in [6.07, 6.45) is 2.50. The number of halogens is 1. The van der Waals surface area contributed by atoms with E-state index in [2.05, 4.69) is 15.6 Å². The van der Waals surface area contributed by atoms with E-state index in [1.807, 2.05) is 30.5 Å². The maximum absolute atomic E-state index is 13.2. The Morgan fingerprint density at radius 1 is 1.12 bits per heavy atom. The molecule has 0 atom stereocenters. The van der Waals surface area contributed by atoms with Gasteiger partial charge in [-0.2, -0.15) is 0 Å². The summed E-state index contributed by atoms with van der Waals surface area (Å²) in [6.45, 7) is 2.06. The quantitative estimate of drug-likeness (QED) is 0.640. The van der Waals surface area contributed by atoms with Crippen LogP contribution in [0.3, 0.4) is 0 Å². The first-order chi connectivity index (χ1) is 12.0. The molecule has 0 saturated heterocycles. The molecule has 3 aromatic rings. The first kappa shape index (κ1) is 16.7. The van der Waals surface area contributed by atoms with E-state index in [0.717, 1.165) is 16.5 Å². The predicted octanol–water partition coefficient (Wildman–Crippen LogP) is 2.91. The second kappa shape index (κ2) is 7.17. The lowest BCUT2D eigenvalue weighted by Gasteiger charge is -2.09. The first-order valence-corrected chi connectivity index (χ1v) is 7.95. The predicted molar refractivity (Wildman–Crippen MR) is 94.8 cm³/mol. The molecule has 0 radical (unpaired) electrons. The number of aryl methyl sites for hydroxylation is 1. The number of aromatic nitrogens is 1. The number of carbonyl (C=O) groups is 2. The van der Waals surface area contributed by atoms with E-state index in [4.69, 9.17) is 0 Å². The van der Waals surface area contributed by atoms with E-state index < -0.39 is 17.6 Å². The topological polar surface area (TPSA) is 74.0 Å². The highest BCUT2D eigenvalue weighted by molar-refractivity contribution is 6.39. The van der Waals surface area contributed by atoms with Crippen LogP contribution in [0.4, 0.5) is 10.1 Å². The van der Waals surface area contributed by atoms with Crippen LogP contribution in [0.15, 0.2) is 48.7 Å². The summed E-state index contributed by atoms with van der Waals surface area (Å²) in [4.78, 5) is 27.0. The lowest BCUT2D eigenvalue weighted by Crippen LogP contribution is -2.36. The second-order valence-electron chi connectivity index (χ2n) is 5.78. The molecule has 6 heteroatoms. The van der Waals surface area contributed by atoms with Crippen molar-refractivity contribution in [3.8, 4) is 0 Å². The average molecular weight is 339 g/mol. The fraction of sp³-hybridized carbons (Fsp3) is 0.158. The number of nitrogens with one attached hydrogen (secondary N) is 3. The number of amides is 2. The van der Waals surface area contributed by atoms with Gasteiger partial charge >= 0.3 is 11.8 Å². The molecule has 128 valence electrons. The molecule has 1 aromatic heterocycles. The summed E-state index contributed by atoms with van der Waals surface area (Å²) >= 11 is 0. The van der Waals surface area contributed by atoms with Crippen LogP contribution in [0.5, 0.6) is 0 Å². The Kier molecular flexibility index (Phi) is 4.79. The molecule has 0 aliphatic carbocycles. The first-order valence-electron chi connectivity index (χ1n) is 7.95. The van der Waals surface area contributed by atoms with E-state index in [-0.39, 0.29) is 5.69 Å². The normalized spacial score (nSPS) is 10.6. The molecule has 5 nitrogen and oxygen atoms in total. The molecule has 0 aliphatic heterocycles. The summed E-state index contributed by atoms with van der Waals surface area (Å²) in [6, 6.07) is 11.9. The van der Waals surface area contributed by atoms with Crippen LogP contribution in [-0.4, -0.2) is 23.3 Å². The van der Waals surface area contributed by atoms with E-state index in [1.54, 1.807) is 13.0 Å². The maximum Gasteiger partial charge on any atom is 0.313 e. The van der Waals surface area contributed by atoms with Gasteiger partial charge in [-0.3, -0.25) is 9.59 Å². The number of fused-ring (bicyclic) bond motifs is 1. The molecule has 2 amide bonds. The van der Waals surface area contributed by atoms with Crippen molar-refractivity contribution >= 4 is 28.4 Å². The molecule has 25 heavy (non-hydrogen) atoms. The van der Waals surface area contributed by atoms with Crippen LogP contribution in [0.2, 0.25) is 0 Å². The van der Waals surface area contributed by atoms with Gasteiger partial charge in [0.25, 0.3) is 0 Å². The number of H-pyrrole nitrogens is 1. The SMILES string of the molecule is Cc1ccc(F)cc1NC(=O)C(=O)NCCc1c[nH]c2ccccc12. The number of hydrogen-bond acceptors (Lipinski definition) is 2. The Morgan fingerprint density at radius 2 is 1.92 bits per heavy atom. The van der Waals surface area contributed by atoms with Gasteiger partial charge in [0.1, 0.15) is 5.82 Å². The fourth-order valence-corrected chi connectivity index (χ4v) is 2.64.